The molecule has 3 rings (SSSR count). The quantitative estimate of drug-likeness (QED) is 0.315. The van der Waals surface area contributed by atoms with E-state index in [1.165, 1.54) is 5.56 Å². The Bertz CT molecular complexity index is 900. The third-order valence-corrected chi connectivity index (χ3v) is 4.30. The van der Waals surface area contributed by atoms with Crippen molar-refractivity contribution in [1.82, 2.24) is 0 Å². The molecule has 0 atom stereocenters. The Morgan fingerprint density at radius 2 is 1.26 bits per heavy atom. The van der Waals surface area contributed by atoms with Gasteiger partial charge in [0.2, 0.25) is 5.96 Å². The van der Waals surface area contributed by atoms with E-state index in [-0.39, 0.29) is 6.61 Å². The second-order valence-corrected chi connectivity index (χ2v) is 6.47. The van der Waals surface area contributed by atoms with Gasteiger partial charge in [0.25, 0.3) is 0 Å². The predicted molar refractivity (Wildman–Crippen MR) is 139 cm³/mol. The van der Waals surface area contributed by atoms with E-state index < -0.39 is 0 Å². The van der Waals surface area contributed by atoms with Gasteiger partial charge in [-0.3, -0.25) is 9.89 Å². The lowest BCUT2D eigenvalue weighted by molar-refractivity contribution is 0.330. The fourth-order valence-electron chi connectivity index (χ4n) is 2.79. The van der Waals surface area contributed by atoms with Crippen LogP contribution in [-0.2, 0) is 0 Å². The average molecular weight is 436 g/mol. The molecule has 0 heterocycles. The number of nitrogens with zero attached hydrogens (tertiary/aromatic N) is 3. The standard InChI is InChI=1S/C18H21N3O.C7H8.CH4S/c1-15(14-22)21(17-12-8-5-9-13-17)18(19-2)20(3)16-10-6-4-7-11-16;1-7-5-3-2-4-6-7;1-2/h4-13,22H,1,14H2,2-3H3;2-6H,1H3;2H,1H3. The molecular weight excluding hydrogens is 402 g/mol. The molecule has 0 spiro atoms. The Hall–Kier alpha value is -3.02. The zero-order valence-electron chi connectivity index (χ0n) is 18.8. The third kappa shape index (κ3) is 8.32. The molecule has 3 aromatic rings. The maximum atomic E-state index is 9.55. The number of aryl methyl sites for hydroxylation is 1. The highest BCUT2D eigenvalue weighted by molar-refractivity contribution is 7.79. The van der Waals surface area contributed by atoms with Crippen LogP contribution in [0.4, 0.5) is 11.4 Å². The molecule has 0 aliphatic carbocycles. The van der Waals surface area contributed by atoms with Crippen LogP contribution >= 0.6 is 12.6 Å². The van der Waals surface area contributed by atoms with Crippen LogP contribution in [0.15, 0.2) is 108 Å². The normalized spacial score (nSPS) is 10.1. The summed E-state index contributed by atoms with van der Waals surface area (Å²) in [7, 11) is 3.67. The van der Waals surface area contributed by atoms with E-state index in [0.717, 1.165) is 11.4 Å². The first-order valence-corrected chi connectivity index (χ1v) is 10.8. The number of thiol groups is 1. The molecule has 3 aromatic carbocycles. The van der Waals surface area contributed by atoms with E-state index in [9.17, 15) is 5.11 Å². The van der Waals surface area contributed by atoms with Gasteiger partial charge in [-0.05, 0) is 37.4 Å². The number of hydrogen-bond donors (Lipinski definition) is 2. The minimum absolute atomic E-state index is 0.142. The highest BCUT2D eigenvalue weighted by atomic mass is 32.1. The van der Waals surface area contributed by atoms with Gasteiger partial charge >= 0.3 is 0 Å². The maximum Gasteiger partial charge on any atom is 0.209 e. The lowest BCUT2D eigenvalue weighted by atomic mass is 10.2. The van der Waals surface area contributed by atoms with E-state index in [1.807, 2.05) is 95.7 Å². The van der Waals surface area contributed by atoms with E-state index in [2.05, 4.69) is 43.3 Å². The first-order valence-electron chi connectivity index (χ1n) is 9.94. The zero-order valence-corrected chi connectivity index (χ0v) is 19.7. The smallest absolute Gasteiger partial charge is 0.209 e. The minimum atomic E-state index is -0.142. The van der Waals surface area contributed by atoms with Crippen LogP contribution in [0.25, 0.3) is 0 Å². The molecule has 0 unspecified atom stereocenters. The molecule has 4 nitrogen and oxygen atoms in total. The summed E-state index contributed by atoms with van der Waals surface area (Å²) in [6.07, 6.45) is 1.69. The summed E-state index contributed by atoms with van der Waals surface area (Å²) in [5.41, 5.74) is 3.80. The number of guanidine groups is 1. The number of aliphatic hydroxyl groups is 1. The molecule has 0 saturated heterocycles. The second kappa shape index (κ2) is 14.9. The lowest BCUT2D eigenvalue weighted by Crippen LogP contribution is -2.43. The maximum absolute atomic E-state index is 9.55. The number of para-hydroxylation sites is 2. The van der Waals surface area contributed by atoms with Gasteiger partial charge in [0.15, 0.2) is 0 Å². The SMILES string of the molecule is C=C(CO)N(C(=NC)N(C)c1ccccc1)c1ccccc1.CS.Cc1ccccc1. The van der Waals surface area contributed by atoms with Crippen LogP contribution in [0.5, 0.6) is 0 Å². The van der Waals surface area contributed by atoms with Crippen molar-refractivity contribution < 1.29 is 5.11 Å². The van der Waals surface area contributed by atoms with Crippen LogP contribution in [-0.4, -0.2) is 38.0 Å². The Balaban J connectivity index is 0.000000447. The van der Waals surface area contributed by atoms with Gasteiger partial charge < -0.3 is 10.0 Å². The fraction of sp³-hybridized carbons (Fsp3) is 0.192. The fourth-order valence-corrected chi connectivity index (χ4v) is 2.79. The van der Waals surface area contributed by atoms with Crippen molar-refractivity contribution in [3.63, 3.8) is 0 Å². The Labute approximate surface area is 192 Å². The minimum Gasteiger partial charge on any atom is -0.390 e. The Morgan fingerprint density at radius 3 is 1.61 bits per heavy atom. The van der Waals surface area contributed by atoms with Gasteiger partial charge in [-0.15, -0.1) is 0 Å². The van der Waals surface area contributed by atoms with Crippen LogP contribution in [0, 0.1) is 6.92 Å². The Morgan fingerprint density at radius 1 is 0.839 bits per heavy atom. The summed E-state index contributed by atoms with van der Waals surface area (Å²) < 4.78 is 0. The van der Waals surface area contributed by atoms with E-state index >= 15 is 0 Å². The van der Waals surface area contributed by atoms with Gasteiger partial charge in [0, 0.05) is 31.2 Å². The molecule has 31 heavy (non-hydrogen) atoms. The van der Waals surface area contributed by atoms with Crippen molar-refractivity contribution in [2.45, 2.75) is 6.92 Å². The molecule has 0 aliphatic rings. The number of rotatable bonds is 4. The number of aliphatic imine (C=N–C) groups is 1. The highest BCUT2D eigenvalue weighted by Crippen LogP contribution is 2.22. The highest BCUT2D eigenvalue weighted by Gasteiger charge is 2.20. The first-order chi connectivity index (χ1) is 15.1. The Kier molecular flexibility index (Phi) is 12.5. The molecule has 5 heteroatoms. The monoisotopic (exact) mass is 435 g/mol. The van der Waals surface area contributed by atoms with Crippen LogP contribution in [0.3, 0.4) is 0 Å². The molecule has 0 aromatic heterocycles. The first kappa shape index (κ1) is 26.0. The van der Waals surface area contributed by atoms with Gasteiger partial charge in [0.1, 0.15) is 0 Å². The topological polar surface area (TPSA) is 39.1 Å². The van der Waals surface area contributed by atoms with Crippen molar-refractivity contribution >= 4 is 30.0 Å². The number of hydrogen-bond acceptors (Lipinski definition) is 3. The number of anilines is 2. The molecule has 0 bridgehead atoms. The number of benzene rings is 3. The summed E-state index contributed by atoms with van der Waals surface area (Å²) in [5, 5.41) is 9.55. The molecule has 0 radical (unpaired) electrons. The average Bonchev–Trinajstić information content (AvgIpc) is 2.85. The van der Waals surface area contributed by atoms with Gasteiger partial charge in [0.05, 0.1) is 6.61 Å². The van der Waals surface area contributed by atoms with Crippen LogP contribution in [0.2, 0.25) is 0 Å². The van der Waals surface area contributed by atoms with Crippen LogP contribution in [0.1, 0.15) is 5.56 Å². The predicted octanol–water partition coefficient (Wildman–Crippen LogP) is 5.66. The lowest BCUT2D eigenvalue weighted by Gasteiger charge is -2.32. The van der Waals surface area contributed by atoms with Crippen LogP contribution < -0.4 is 9.80 Å². The van der Waals surface area contributed by atoms with Gasteiger partial charge in [-0.1, -0.05) is 78.9 Å². The van der Waals surface area contributed by atoms with E-state index in [0.29, 0.717) is 11.7 Å². The van der Waals surface area contributed by atoms with Crippen molar-refractivity contribution in [1.29, 1.82) is 0 Å². The van der Waals surface area contributed by atoms with Gasteiger partial charge in [-0.2, -0.15) is 12.6 Å². The summed E-state index contributed by atoms with van der Waals surface area (Å²) in [4.78, 5) is 8.23. The largest absolute Gasteiger partial charge is 0.390 e. The molecule has 0 amide bonds. The molecule has 0 aliphatic heterocycles. The summed E-state index contributed by atoms with van der Waals surface area (Å²) in [6.45, 7) is 5.90. The second-order valence-electron chi connectivity index (χ2n) is 6.47. The summed E-state index contributed by atoms with van der Waals surface area (Å²) in [5.74, 6) is 0.691. The van der Waals surface area contributed by atoms with E-state index in [1.54, 1.807) is 13.3 Å². The summed E-state index contributed by atoms with van der Waals surface area (Å²) >= 11 is 3.53. The van der Waals surface area contributed by atoms with Crippen molar-refractivity contribution in [2.75, 3.05) is 36.8 Å². The van der Waals surface area contributed by atoms with Crippen molar-refractivity contribution in [3.8, 4) is 0 Å². The number of aliphatic hydroxyl groups excluding tert-OH is 1. The summed E-state index contributed by atoms with van der Waals surface area (Å²) in [6, 6.07) is 30.0. The van der Waals surface area contributed by atoms with Crippen molar-refractivity contribution in [2.24, 2.45) is 4.99 Å². The molecule has 1 N–H and O–H groups in total. The third-order valence-electron chi connectivity index (χ3n) is 4.30. The van der Waals surface area contributed by atoms with Gasteiger partial charge in [-0.25, -0.2) is 0 Å². The molecule has 164 valence electrons. The van der Waals surface area contributed by atoms with Crippen molar-refractivity contribution in [3.05, 3.63) is 109 Å². The molecule has 0 saturated carbocycles. The van der Waals surface area contributed by atoms with E-state index in [4.69, 9.17) is 0 Å². The zero-order chi connectivity index (χ0) is 23.1. The molecule has 0 fully saturated rings. The molecular formula is C26H33N3OS.